The summed E-state index contributed by atoms with van der Waals surface area (Å²) in [6.45, 7) is 2.39. The third-order valence-corrected chi connectivity index (χ3v) is 3.45. The van der Waals surface area contributed by atoms with E-state index in [2.05, 4.69) is 12.2 Å². The summed E-state index contributed by atoms with van der Waals surface area (Å²) < 4.78 is 0. The molecule has 12 heavy (non-hydrogen) atoms. The van der Waals surface area contributed by atoms with Crippen molar-refractivity contribution < 1.29 is 5.11 Å². The fourth-order valence-corrected chi connectivity index (χ4v) is 2.60. The second kappa shape index (κ2) is 5.84. The molecule has 1 atom stereocenters. The molecule has 0 aromatic heterocycles. The maximum atomic E-state index is 8.99. The molecule has 0 aromatic rings. The predicted octanol–water partition coefficient (Wildman–Crippen LogP) is 1.24. The monoisotopic (exact) mass is 189 g/mol. The molecule has 1 rings (SSSR count). The number of nitrogens with one attached hydrogen (secondary N) is 1. The predicted molar refractivity (Wildman–Crippen MR) is 54.6 cm³/mol. The topological polar surface area (TPSA) is 32.3 Å². The van der Waals surface area contributed by atoms with Crippen LogP contribution in [0.5, 0.6) is 0 Å². The lowest BCUT2D eigenvalue weighted by atomic mass is 10.1. The van der Waals surface area contributed by atoms with E-state index in [1.807, 2.05) is 11.8 Å². The van der Waals surface area contributed by atoms with Crippen LogP contribution in [0.15, 0.2) is 0 Å². The van der Waals surface area contributed by atoms with Crippen molar-refractivity contribution in [2.45, 2.75) is 38.3 Å². The number of hydrogen-bond acceptors (Lipinski definition) is 3. The lowest BCUT2D eigenvalue weighted by Crippen LogP contribution is -2.41. The zero-order valence-corrected chi connectivity index (χ0v) is 8.57. The lowest BCUT2D eigenvalue weighted by Gasteiger charge is -2.26. The number of aliphatic hydroxyl groups is 1. The van der Waals surface area contributed by atoms with Crippen molar-refractivity contribution in [1.29, 1.82) is 0 Å². The molecule has 0 radical (unpaired) electrons. The van der Waals surface area contributed by atoms with Crippen molar-refractivity contribution in [1.82, 2.24) is 5.32 Å². The molecule has 72 valence electrons. The summed E-state index contributed by atoms with van der Waals surface area (Å²) in [4.78, 5) is 0. The van der Waals surface area contributed by atoms with Crippen LogP contribution in [0.4, 0.5) is 0 Å². The molecule has 1 fully saturated rings. The Morgan fingerprint density at radius 2 is 2.17 bits per heavy atom. The van der Waals surface area contributed by atoms with Crippen LogP contribution in [0.3, 0.4) is 0 Å². The Bertz CT molecular complexity index is 111. The number of hydrogen-bond donors (Lipinski definition) is 2. The number of thioether (sulfide) groups is 1. The van der Waals surface area contributed by atoms with Crippen LogP contribution in [0.2, 0.25) is 0 Å². The standard InChI is InChI=1S/C9H19NOS/c1-2-8(7-11)10-9-3-5-12-6-4-9/h8-11H,2-7H2,1H3/t8-/m0/s1. The SMILES string of the molecule is CC[C@@H](CO)NC1CCSCC1. The van der Waals surface area contributed by atoms with Crippen molar-refractivity contribution >= 4 is 11.8 Å². The van der Waals surface area contributed by atoms with Crippen LogP contribution < -0.4 is 5.32 Å². The largest absolute Gasteiger partial charge is 0.395 e. The molecule has 2 nitrogen and oxygen atoms in total. The minimum Gasteiger partial charge on any atom is -0.395 e. The Labute approximate surface area is 79.1 Å². The number of aliphatic hydroxyl groups excluding tert-OH is 1. The van der Waals surface area contributed by atoms with Gasteiger partial charge in [-0.2, -0.15) is 11.8 Å². The van der Waals surface area contributed by atoms with Gasteiger partial charge in [-0.15, -0.1) is 0 Å². The Morgan fingerprint density at radius 3 is 2.67 bits per heavy atom. The first-order valence-corrected chi connectivity index (χ1v) is 5.97. The average molecular weight is 189 g/mol. The van der Waals surface area contributed by atoms with E-state index in [1.54, 1.807) is 0 Å². The summed E-state index contributed by atoms with van der Waals surface area (Å²) in [6.07, 6.45) is 3.56. The van der Waals surface area contributed by atoms with Crippen LogP contribution >= 0.6 is 11.8 Å². The zero-order chi connectivity index (χ0) is 8.81. The van der Waals surface area contributed by atoms with Crippen LogP contribution in [0.1, 0.15) is 26.2 Å². The minimum absolute atomic E-state index is 0.278. The fourth-order valence-electron chi connectivity index (χ4n) is 1.50. The Hall–Kier alpha value is 0.270. The summed E-state index contributed by atoms with van der Waals surface area (Å²) in [5, 5.41) is 12.5. The van der Waals surface area contributed by atoms with Crippen LogP contribution in [-0.2, 0) is 0 Å². The van der Waals surface area contributed by atoms with E-state index in [-0.39, 0.29) is 6.61 Å². The van der Waals surface area contributed by atoms with Gasteiger partial charge in [0, 0.05) is 12.1 Å². The molecule has 2 N–H and O–H groups in total. The van der Waals surface area contributed by atoms with Gasteiger partial charge in [0.25, 0.3) is 0 Å². The van der Waals surface area contributed by atoms with E-state index in [0.29, 0.717) is 12.1 Å². The Morgan fingerprint density at radius 1 is 1.50 bits per heavy atom. The molecule has 1 heterocycles. The van der Waals surface area contributed by atoms with E-state index < -0.39 is 0 Å². The third kappa shape index (κ3) is 3.33. The molecule has 1 saturated heterocycles. The highest BCUT2D eigenvalue weighted by molar-refractivity contribution is 7.99. The molecule has 1 aliphatic heterocycles. The lowest BCUT2D eigenvalue weighted by molar-refractivity contribution is 0.224. The quantitative estimate of drug-likeness (QED) is 0.698. The number of rotatable bonds is 4. The molecule has 0 spiro atoms. The van der Waals surface area contributed by atoms with Crippen LogP contribution in [0.25, 0.3) is 0 Å². The molecule has 0 unspecified atom stereocenters. The van der Waals surface area contributed by atoms with Crippen molar-refractivity contribution in [3.8, 4) is 0 Å². The summed E-state index contributed by atoms with van der Waals surface area (Å²) in [5.74, 6) is 2.55. The molecule has 1 aliphatic rings. The first-order chi connectivity index (χ1) is 5.86. The smallest absolute Gasteiger partial charge is 0.0584 e. The van der Waals surface area contributed by atoms with Gasteiger partial charge in [0.05, 0.1) is 6.61 Å². The van der Waals surface area contributed by atoms with Gasteiger partial charge in [0.1, 0.15) is 0 Å². The van der Waals surface area contributed by atoms with E-state index in [9.17, 15) is 0 Å². The van der Waals surface area contributed by atoms with Gasteiger partial charge in [-0.3, -0.25) is 0 Å². The average Bonchev–Trinajstić information content (AvgIpc) is 2.16. The highest BCUT2D eigenvalue weighted by atomic mass is 32.2. The van der Waals surface area contributed by atoms with E-state index in [0.717, 1.165) is 6.42 Å². The second-order valence-electron chi connectivity index (χ2n) is 3.34. The van der Waals surface area contributed by atoms with Gasteiger partial charge in [-0.1, -0.05) is 6.92 Å². The third-order valence-electron chi connectivity index (χ3n) is 2.41. The van der Waals surface area contributed by atoms with Crippen molar-refractivity contribution in [3.05, 3.63) is 0 Å². The van der Waals surface area contributed by atoms with Crippen LogP contribution in [0, 0.1) is 0 Å². The summed E-state index contributed by atoms with van der Waals surface area (Å²) in [5.41, 5.74) is 0. The van der Waals surface area contributed by atoms with Gasteiger partial charge >= 0.3 is 0 Å². The molecular formula is C9H19NOS. The zero-order valence-electron chi connectivity index (χ0n) is 7.75. The Kier molecular flexibility index (Phi) is 5.04. The van der Waals surface area contributed by atoms with Gasteiger partial charge in [0.15, 0.2) is 0 Å². The highest BCUT2D eigenvalue weighted by Gasteiger charge is 2.16. The summed E-state index contributed by atoms with van der Waals surface area (Å²) >= 11 is 2.04. The summed E-state index contributed by atoms with van der Waals surface area (Å²) in [7, 11) is 0. The first kappa shape index (κ1) is 10.4. The highest BCUT2D eigenvalue weighted by Crippen LogP contribution is 2.17. The molecule has 0 bridgehead atoms. The van der Waals surface area contributed by atoms with Gasteiger partial charge in [-0.25, -0.2) is 0 Å². The molecule has 0 aromatic carbocycles. The molecule has 3 heteroatoms. The van der Waals surface area contributed by atoms with Crippen molar-refractivity contribution in [2.24, 2.45) is 0 Å². The minimum atomic E-state index is 0.278. The van der Waals surface area contributed by atoms with Gasteiger partial charge in [-0.05, 0) is 30.8 Å². The van der Waals surface area contributed by atoms with Crippen molar-refractivity contribution in [3.63, 3.8) is 0 Å². The van der Waals surface area contributed by atoms with E-state index in [1.165, 1.54) is 24.3 Å². The van der Waals surface area contributed by atoms with Crippen LogP contribution in [-0.4, -0.2) is 35.3 Å². The maximum Gasteiger partial charge on any atom is 0.0584 e. The normalized spacial score (nSPS) is 22.5. The Balaban J connectivity index is 2.18. The maximum absolute atomic E-state index is 8.99. The molecular weight excluding hydrogens is 170 g/mol. The van der Waals surface area contributed by atoms with E-state index >= 15 is 0 Å². The molecule has 0 aliphatic carbocycles. The van der Waals surface area contributed by atoms with Crippen molar-refractivity contribution in [2.75, 3.05) is 18.1 Å². The molecule has 0 saturated carbocycles. The summed E-state index contributed by atoms with van der Waals surface area (Å²) in [6, 6.07) is 0.974. The first-order valence-electron chi connectivity index (χ1n) is 4.81. The van der Waals surface area contributed by atoms with Gasteiger partial charge in [0.2, 0.25) is 0 Å². The second-order valence-corrected chi connectivity index (χ2v) is 4.57. The van der Waals surface area contributed by atoms with E-state index in [4.69, 9.17) is 5.11 Å². The molecule has 0 amide bonds. The van der Waals surface area contributed by atoms with Gasteiger partial charge < -0.3 is 10.4 Å². The fraction of sp³-hybridized carbons (Fsp3) is 1.00.